The highest BCUT2D eigenvalue weighted by molar-refractivity contribution is 6.16. The number of fused-ring (bicyclic) bond motifs is 7. The van der Waals surface area contributed by atoms with Crippen molar-refractivity contribution in [3.05, 3.63) is 129 Å². The topological polar surface area (TPSA) is 143 Å². The minimum atomic E-state index is -1.39. The molecule has 0 spiro atoms. The molecule has 4 aliphatic carbocycles. The zero-order chi connectivity index (χ0) is 47.0. The minimum Gasteiger partial charge on any atom is -0.461 e. The van der Waals surface area contributed by atoms with Crippen LogP contribution in [-0.2, 0) is 14.9 Å². The molecule has 67 heavy (non-hydrogen) atoms. The highest BCUT2D eigenvalue weighted by Gasteiger charge is 2.62. The molecule has 0 radical (unpaired) electrons. The number of ether oxygens (including phenoxy) is 4. The van der Waals surface area contributed by atoms with Gasteiger partial charge in [0.25, 0.3) is 0 Å². The molecule has 350 valence electrons. The number of hydrogen-bond acceptors (Lipinski definition) is 10. The molecule has 10 unspecified atom stereocenters. The first-order chi connectivity index (χ1) is 32.1. The number of aliphatic hydroxyl groups excluding tert-OH is 1. The van der Waals surface area contributed by atoms with Crippen LogP contribution in [0, 0.1) is 52.3 Å². The highest BCUT2D eigenvalue weighted by Crippen LogP contribution is 2.70. The summed E-state index contributed by atoms with van der Waals surface area (Å²) in [4.78, 5) is 61.7. The summed E-state index contributed by atoms with van der Waals surface area (Å²) in [5, 5.41) is 11.1. The van der Waals surface area contributed by atoms with Crippen LogP contribution in [0.4, 0.5) is 0 Å². The van der Waals surface area contributed by atoms with Crippen LogP contribution in [0.5, 0.6) is 11.5 Å². The van der Waals surface area contributed by atoms with Crippen molar-refractivity contribution in [1.29, 1.82) is 0 Å². The van der Waals surface area contributed by atoms with Gasteiger partial charge in [0, 0.05) is 11.0 Å². The summed E-state index contributed by atoms with van der Waals surface area (Å²) in [5.74, 6) is 2.34. The van der Waals surface area contributed by atoms with Crippen LogP contribution in [0.2, 0.25) is 0 Å². The number of rotatable bonds is 12. The molecule has 10 atom stereocenters. The fourth-order valence-electron chi connectivity index (χ4n) is 14.5. The van der Waals surface area contributed by atoms with E-state index in [1.54, 1.807) is 6.07 Å². The number of hydrogen-bond donors (Lipinski definition) is 1. The summed E-state index contributed by atoms with van der Waals surface area (Å²) >= 11 is 0. The Morgan fingerprint density at radius 1 is 0.657 bits per heavy atom. The third kappa shape index (κ3) is 7.81. The second kappa shape index (κ2) is 17.2. The van der Waals surface area contributed by atoms with E-state index in [4.69, 9.17) is 18.9 Å². The van der Waals surface area contributed by atoms with Crippen molar-refractivity contribution in [2.24, 2.45) is 52.3 Å². The van der Waals surface area contributed by atoms with Crippen molar-refractivity contribution in [3.8, 4) is 11.5 Å². The molecule has 4 saturated carbocycles. The van der Waals surface area contributed by atoms with Gasteiger partial charge in [-0.2, -0.15) is 0 Å². The van der Waals surface area contributed by atoms with Gasteiger partial charge in [0.1, 0.15) is 11.5 Å². The number of cyclic esters (lactones) is 4. The quantitative estimate of drug-likeness (QED) is 0.0631. The molecule has 0 saturated heterocycles. The lowest BCUT2D eigenvalue weighted by Crippen LogP contribution is -2.55. The average Bonchev–Trinajstić information content (AvgIpc) is 3.93. The Hall–Kier alpha value is -5.61. The summed E-state index contributed by atoms with van der Waals surface area (Å²) in [5.41, 5.74) is 3.47. The standard InChI is InChI=1S/C57H62O10/c1-32(2)7-6-8-33(3)46-23-24-47-43-22-15-38-31-57(28-27-55(38,4)48(43)25-26-56(46,47)5,36-11-16-39(17-12-36)64-49(58)34-9-20-41-44(29-34)53(62)66-51(41)60)37-13-18-40(19-14-37)65-50(59)35-10-21-42-45(30-35)54(63)67-52(42)61/h9-14,16-21,29-30,32-33,38,43,46-49,58H,6-8,15,22-28,31H2,1-5H3. The predicted molar refractivity (Wildman–Crippen MR) is 250 cm³/mol. The van der Waals surface area contributed by atoms with Crippen molar-refractivity contribution >= 4 is 29.8 Å². The Kier molecular flexibility index (Phi) is 11.6. The van der Waals surface area contributed by atoms with E-state index < -0.39 is 36.1 Å². The van der Waals surface area contributed by atoms with Crippen molar-refractivity contribution < 1.29 is 48.0 Å². The first-order valence-corrected chi connectivity index (χ1v) is 24.7. The summed E-state index contributed by atoms with van der Waals surface area (Å²) in [6.07, 6.45) is 13.5. The summed E-state index contributed by atoms with van der Waals surface area (Å²) in [6.45, 7) is 12.5. The molecule has 1 N–H and O–H groups in total. The van der Waals surface area contributed by atoms with Crippen molar-refractivity contribution in [2.75, 3.05) is 0 Å². The number of esters is 5. The highest BCUT2D eigenvalue weighted by atomic mass is 16.6. The number of carbonyl (C=O) groups is 5. The molecule has 2 aliphatic heterocycles. The van der Waals surface area contributed by atoms with Crippen LogP contribution in [0.25, 0.3) is 0 Å². The molecular weight excluding hydrogens is 845 g/mol. The molecule has 4 aromatic rings. The Labute approximate surface area is 393 Å². The largest absolute Gasteiger partial charge is 0.461 e. The van der Waals surface area contributed by atoms with E-state index >= 15 is 0 Å². The second-order valence-corrected chi connectivity index (χ2v) is 21.8. The van der Waals surface area contributed by atoms with E-state index in [-0.39, 0.29) is 38.6 Å². The Balaban J connectivity index is 0.905. The van der Waals surface area contributed by atoms with Crippen molar-refractivity contribution in [1.82, 2.24) is 0 Å². The van der Waals surface area contributed by atoms with Crippen LogP contribution in [-0.4, -0.2) is 35.0 Å². The maximum Gasteiger partial charge on any atom is 0.346 e. The van der Waals surface area contributed by atoms with Crippen molar-refractivity contribution in [3.63, 3.8) is 0 Å². The van der Waals surface area contributed by atoms with Gasteiger partial charge < -0.3 is 24.1 Å². The van der Waals surface area contributed by atoms with E-state index in [1.165, 1.54) is 88.1 Å². The molecule has 0 aromatic heterocycles. The normalized spacial score (nSPS) is 30.3. The monoisotopic (exact) mass is 906 g/mol. The average molecular weight is 907 g/mol. The van der Waals surface area contributed by atoms with E-state index in [9.17, 15) is 29.1 Å². The molecule has 4 fully saturated rings. The van der Waals surface area contributed by atoms with Crippen LogP contribution >= 0.6 is 0 Å². The summed E-state index contributed by atoms with van der Waals surface area (Å²) in [6, 6.07) is 24.4. The van der Waals surface area contributed by atoms with Crippen molar-refractivity contribution in [2.45, 2.75) is 123 Å². The van der Waals surface area contributed by atoms with Crippen LogP contribution in [0.15, 0.2) is 84.9 Å². The van der Waals surface area contributed by atoms with Crippen LogP contribution in [0.3, 0.4) is 0 Å². The van der Waals surface area contributed by atoms with E-state index in [2.05, 4.69) is 58.9 Å². The molecule has 10 rings (SSSR count). The third-order valence-electron chi connectivity index (χ3n) is 18.1. The van der Waals surface area contributed by atoms with Gasteiger partial charge >= 0.3 is 29.8 Å². The second-order valence-electron chi connectivity index (χ2n) is 21.8. The molecule has 2 heterocycles. The molecule has 10 heteroatoms. The molecular formula is C57H62O10. The van der Waals surface area contributed by atoms with E-state index in [0.29, 0.717) is 34.3 Å². The number of benzene rings is 4. The fraction of sp³-hybridized carbons (Fsp3) is 0.491. The first kappa shape index (κ1) is 45.2. The molecule has 4 aromatic carbocycles. The van der Waals surface area contributed by atoms with Gasteiger partial charge in [-0.3, -0.25) is 0 Å². The van der Waals surface area contributed by atoms with E-state index in [1.807, 2.05) is 24.3 Å². The van der Waals surface area contributed by atoms with Gasteiger partial charge in [0.2, 0.25) is 6.29 Å². The summed E-state index contributed by atoms with van der Waals surface area (Å²) in [7, 11) is 0. The molecule has 0 amide bonds. The SMILES string of the molecule is CC(C)CCCC(C)C1CCC2C3CCC4CC(c5ccc(OC(=O)c6ccc7c(c6)C(=O)OC7=O)cc5)(c5ccc(OC(O)c6ccc7c(c6)C(=O)OC7=O)cc5)CCC4(C)C3CCC12C. The molecule has 10 nitrogen and oxygen atoms in total. The predicted octanol–water partition coefficient (Wildman–Crippen LogP) is 12.0. The lowest BCUT2D eigenvalue weighted by atomic mass is 9.42. The minimum absolute atomic E-state index is 0.0466. The van der Waals surface area contributed by atoms with Crippen LogP contribution < -0.4 is 9.47 Å². The Bertz CT molecular complexity index is 2630. The lowest BCUT2D eigenvalue weighted by molar-refractivity contribution is -0.122. The molecule has 0 bridgehead atoms. The zero-order valence-corrected chi connectivity index (χ0v) is 39.3. The van der Waals surface area contributed by atoms with E-state index in [0.717, 1.165) is 60.0 Å². The van der Waals surface area contributed by atoms with Gasteiger partial charge in [0.05, 0.1) is 27.8 Å². The number of aliphatic hydroxyl groups is 1. The fourth-order valence-corrected chi connectivity index (χ4v) is 14.5. The first-order valence-electron chi connectivity index (χ1n) is 24.7. The Morgan fingerprint density at radius 3 is 1.94 bits per heavy atom. The van der Waals surface area contributed by atoms with Gasteiger partial charge in [0.15, 0.2) is 0 Å². The zero-order valence-electron chi connectivity index (χ0n) is 39.3. The molecule has 6 aliphatic rings. The lowest BCUT2D eigenvalue weighted by Gasteiger charge is -2.63. The third-order valence-corrected chi connectivity index (χ3v) is 18.1. The number of carbonyl (C=O) groups excluding carboxylic acids is 5. The van der Waals surface area contributed by atoms with Gasteiger partial charge in [-0.05, 0) is 176 Å². The Morgan fingerprint density at radius 2 is 1.27 bits per heavy atom. The van der Waals surface area contributed by atoms with Crippen LogP contribution in [0.1, 0.15) is 186 Å². The maximum atomic E-state index is 13.3. The summed E-state index contributed by atoms with van der Waals surface area (Å²) < 4.78 is 21.3. The smallest absolute Gasteiger partial charge is 0.346 e. The van der Waals surface area contributed by atoms with Gasteiger partial charge in [-0.25, -0.2) is 24.0 Å². The van der Waals surface area contributed by atoms with Gasteiger partial charge in [-0.1, -0.05) is 84.2 Å². The van der Waals surface area contributed by atoms with Gasteiger partial charge in [-0.15, -0.1) is 0 Å². The maximum absolute atomic E-state index is 13.3.